The molecule has 0 unspecified atom stereocenters. The molecule has 130 valence electrons. The number of amides is 1. The Hall–Kier alpha value is -2.83. The number of nitrogens with one attached hydrogen (secondary N) is 1. The molecule has 0 radical (unpaired) electrons. The number of halogens is 3. The predicted octanol–water partition coefficient (Wildman–Crippen LogP) is 4.48. The van der Waals surface area contributed by atoms with Gasteiger partial charge in [0.1, 0.15) is 11.3 Å². The quantitative estimate of drug-likeness (QED) is 0.759. The summed E-state index contributed by atoms with van der Waals surface area (Å²) in [6, 6.07) is 8.07. The lowest BCUT2D eigenvalue weighted by Crippen LogP contribution is -2.16. The van der Waals surface area contributed by atoms with Crippen molar-refractivity contribution in [2.24, 2.45) is 0 Å². The first-order valence-electron chi connectivity index (χ1n) is 7.76. The smallest absolute Gasteiger partial charge is 0.321 e. The Balaban J connectivity index is 1.94. The molecule has 0 atom stereocenters. The van der Waals surface area contributed by atoms with E-state index in [1.165, 1.54) is 12.1 Å². The molecule has 0 aliphatic rings. The summed E-state index contributed by atoms with van der Waals surface area (Å²) >= 11 is 0. The highest BCUT2D eigenvalue weighted by atomic mass is 19.4. The number of imidazole rings is 1. The van der Waals surface area contributed by atoms with Crippen molar-refractivity contribution in [3.63, 3.8) is 0 Å². The third-order valence-electron chi connectivity index (χ3n) is 3.94. The summed E-state index contributed by atoms with van der Waals surface area (Å²) in [5.41, 5.74) is 2.19. The molecular weight excluding hydrogens is 331 g/mol. The summed E-state index contributed by atoms with van der Waals surface area (Å²) in [5, 5.41) is 2.64. The van der Waals surface area contributed by atoms with E-state index < -0.39 is 17.6 Å². The van der Waals surface area contributed by atoms with Crippen molar-refractivity contribution in [1.82, 2.24) is 9.38 Å². The van der Waals surface area contributed by atoms with Crippen molar-refractivity contribution in [2.45, 2.75) is 26.4 Å². The molecule has 0 saturated heterocycles. The lowest BCUT2D eigenvalue weighted by molar-refractivity contribution is -0.137. The Morgan fingerprint density at radius 2 is 1.88 bits per heavy atom. The molecule has 3 aromatic rings. The molecule has 0 bridgehead atoms. The molecule has 0 fully saturated rings. The van der Waals surface area contributed by atoms with Gasteiger partial charge in [0.05, 0.1) is 11.3 Å². The van der Waals surface area contributed by atoms with Gasteiger partial charge in [0.15, 0.2) is 0 Å². The summed E-state index contributed by atoms with van der Waals surface area (Å²) in [4.78, 5) is 17.2. The van der Waals surface area contributed by atoms with Gasteiger partial charge >= 0.3 is 6.18 Å². The average Bonchev–Trinajstić information content (AvgIpc) is 2.94. The molecule has 1 amide bonds. The second-order valence-electron chi connectivity index (χ2n) is 5.67. The molecule has 0 saturated carbocycles. The fourth-order valence-electron chi connectivity index (χ4n) is 2.67. The molecule has 7 heteroatoms. The van der Waals surface area contributed by atoms with Crippen LogP contribution in [0, 0.1) is 6.92 Å². The molecule has 2 heterocycles. The number of aryl methyl sites for hydroxylation is 2. The number of hydrogen-bond donors (Lipinski definition) is 1. The monoisotopic (exact) mass is 347 g/mol. The van der Waals surface area contributed by atoms with Gasteiger partial charge < -0.3 is 5.32 Å². The maximum Gasteiger partial charge on any atom is 0.416 e. The minimum Gasteiger partial charge on any atom is -0.321 e. The molecule has 0 aliphatic carbocycles. The van der Waals surface area contributed by atoms with Gasteiger partial charge in [0.2, 0.25) is 0 Å². The van der Waals surface area contributed by atoms with E-state index in [-0.39, 0.29) is 0 Å². The van der Waals surface area contributed by atoms with Crippen LogP contribution in [-0.4, -0.2) is 15.3 Å². The first-order chi connectivity index (χ1) is 11.8. The first kappa shape index (κ1) is 17.0. The molecule has 4 nitrogen and oxygen atoms in total. The maximum absolute atomic E-state index is 12.7. The number of benzene rings is 1. The van der Waals surface area contributed by atoms with Gasteiger partial charge in [-0.3, -0.25) is 9.20 Å². The topological polar surface area (TPSA) is 46.4 Å². The van der Waals surface area contributed by atoms with Crippen LogP contribution in [0.1, 0.15) is 34.2 Å². The Kier molecular flexibility index (Phi) is 4.24. The van der Waals surface area contributed by atoms with Gasteiger partial charge in [-0.1, -0.05) is 13.0 Å². The third-order valence-corrected chi connectivity index (χ3v) is 3.94. The molecule has 1 aromatic carbocycles. The number of carbonyl (C=O) groups is 1. The van der Waals surface area contributed by atoms with Crippen LogP contribution in [0.2, 0.25) is 0 Å². The second-order valence-corrected chi connectivity index (χ2v) is 5.67. The summed E-state index contributed by atoms with van der Waals surface area (Å²) in [7, 11) is 0. The SMILES string of the molecule is CCc1nc2c(C)cccn2c1C(=O)Nc1ccc(C(F)(F)F)cc1. The summed E-state index contributed by atoms with van der Waals surface area (Å²) < 4.78 is 39.6. The van der Waals surface area contributed by atoms with Crippen LogP contribution in [0.15, 0.2) is 42.6 Å². The van der Waals surface area contributed by atoms with Gasteiger partial charge in [-0.2, -0.15) is 13.2 Å². The average molecular weight is 347 g/mol. The summed E-state index contributed by atoms with van der Waals surface area (Å²) in [6.45, 7) is 3.80. The zero-order chi connectivity index (χ0) is 18.2. The van der Waals surface area contributed by atoms with E-state index in [1.54, 1.807) is 10.6 Å². The largest absolute Gasteiger partial charge is 0.416 e. The first-order valence-corrected chi connectivity index (χ1v) is 7.76. The number of aromatic nitrogens is 2. The van der Waals surface area contributed by atoms with Crippen LogP contribution in [0.4, 0.5) is 18.9 Å². The summed E-state index contributed by atoms with van der Waals surface area (Å²) in [5.74, 6) is -0.408. The number of pyridine rings is 1. The highest BCUT2D eigenvalue weighted by molar-refractivity contribution is 6.04. The van der Waals surface area contributed by atoms with E-state index in [0.717, 1.165) is 17.7 Å². The Labute approximate surface area is 142 Å². The van der Waals surface area contributed by atoms with Crippen LogP contribution in [0.25, 0.3) is 5.65 Å². The highest BCUT2D eigenvalue weighted by Crippen LogP contribution is 2.30. The minimum atomic E-state index is -4.41. The van der Waals surface area contributed by atoms with Crippen LogP contribution in [0.5, 0.6) is 0 Å². The lowest BCUT2D eigenvalue weighted by atomic mass is 10.2. The van der Waals surface area contributed by atoms with Gasteiger partial charge in [-0.25, -0.2) is 4.98 Å². The zero-order valence-electron chi connectivity index (χ0n) is 13.7. The van der Waals surface area contributed by atoms with Crippen molar-refractivity contribution < 1.29 is 18.0 Å². The van der Waals surface area contributed by atoms with Crippen LogP contribution < -0.4 is 5.32 Å². The van der Waals surface area contributed by atoms with Gasteiger partial charge in [-0.15, -0.1) is 0 Å². The van der Waals surface area contributed by atoms with Crippen LogP contribution in [-0.2, 0) is 12.6 Å². The number of anilines is 1. The zero-order valence-corrected chi connectivity index (χ0v) is 13.7. The van der Waals surface area contributed by atoms with E-state index in [2.05, 4.69) is 10.3 Å². The summed E-state index contributed by atoms with van der Waals surface area (Å²) in [6.07, 6.45) is -2.09. The van der Waals surface area contributed by atoms with Crippen LogP contribution in [0.3, 0.4) is 0 Å². The third kappa shape index (κ3) is 3.22. The van der Waals surface area contributed by atoms with Crippen molar-refractivity contribution in [1.29, 1.82) is 0 Å². The molecule has 25 heavy (non-hydrogen) atoms. The molecule has 0 aliphatic heterocycles. The van der Waals surface area contributed by atoms with Crippen molar-refractivity contribution in [3.05, 3.63) is 65.1 Å². The standard InChI is InChI=1S/C18H16F3N3O/c1-3-14-15(24-10-4-5-11(2)16(24)23-14)17(25)22-13-8-6-12(7-9-13)18(19,20)21/h4-10H,3H2,1-2H3,(H,22,25). The molecule has 0 spiro atoms. The van der Waals surface area contributed by atoms with E-state index in [1.807, 2.05) is 26.0 Å². The maximum atomic E-state index is 12.7. The van der Waals surface area contributed by atoms with Crippen molar-refractivity contribution in [3.8, 4) is 0 Å². The van der Waals surface area contributed by atoms with E-state index in [4.69, 9.17) is 0 Å². The highest BCUT2D eigenvalue weighted by Gasteiger charge is 2.30. The van der Waals surface area contributed by atoms with E-state index in [9.17, 15) is 18.0 Å². The molecule has 3 rings (SSSR count). The fourth-order valence-corrected chi connectivity index (χ4v) is 2.67. The minimum absolute atomic E-state index is 0.294. The molecular formula is C18H16F3N3O. The van der Waals surface area contributed by atoms with E-state index in [0.29, 0.717) is 29.1 Å². The van der Waals surface area contributed by atoms with Crippen molar-refractivity contribution in [2.75, 3.05) is 5.32 Å². The predicted molar refractivity (Wildman–Crippen MR) is 88.7 cm³/mol. The van der Waals surface area contributed by atoms with Crippen LogP contribution >= 0.6 is 0 Å². The number of carbonyl (C=O) groups excluding carboxylic acids is 1. The van der Waals surface area contributed by atoms with Gasteiger partial charge in [0, 0.05) is 11.9 Å². The normalized spacial score (nSPS) is 11.7. The van der Waals surface area contributed by atoms with E-state index >= 15 is 0 Å². The Morgan fingerprint density at radius 1 is 1.20 bits per heavy atom. The number of nitrogens with zero attached hydrogens (tertiary/aromatic N) is 2. The number of alkyl halides is 3. The number of rotatable bonds is 3. The molecule has 2 aromatic heterocycles. The Morgan fingerprint density at radius 3 is 2.48 bits per heavy atom. The van der Waals surface area contributed by atoms with Crippen molar-refractivity contribution >= 4 is 17.2 Å². The number of fused-ring (bicyclic) bond motifs is 1. The fraction of sp³-hybridized carbons (Fsp3) is 0.222. The van der Waals surface area contributed by atoms with Gasteiger partial charge in [-0.05, 0) is 49.2 Å². The van der Waals surface area contributed by atoms with Gasteiger partial charge in [0.25, 0.3) is 5.91 Å². The lowest BCUT2D eigenvalue weighted by Gasteiger charge is -2.09. The second kappa shape index (κ2) is 6.23. The Bertz CT molecular complexity index is 927. The molecule has 1 N–H and O–H groups in total. The number of hydrogen-bond acceptors (Lipinski definition) is 2.